The van der Waals surface area contributed by atoms with Gasteiger partial charge in [-0.15, -0.1) is 11.3 Å². The zero-order valence-corrected chi connectivity index (χ0v) is 13.1. The van der Waals surface area contributed by atoms with Crippen LogP contribution in [0.2, 0.25) is 0 Å². The van der Waals surface area contributed by atoms with E-state index in [4.69, 9.17) is 0 Å². The van der Waals surface area contributed by atoms with Crippen LogP contribution in [0.3, 0.4) is 0 Å². The molecule has 0 fully saturated rings. The Morgan fingerprint density at radius 1 is 1.19 bits per heavy atom. The average Bonchev–Trinajstić information content (AvgIpc) is 2.76. The van der Waals surface area contributed by atoms with E-state index >= 15 is 0 Å². The summed E-state index contributed by atoms with van der Waals surface area (Å²) in [5, 5.41) is 5.54. The van der Waals surface area contributed by atoms with Crippen LogP contribution < -0.4 is 10.6 Å². The van der Waals surface area contributed by atoms with Crippen LogP contribution in [0.5, 0.6) is 0 Å². The van der Waals surface area contributed by atoms with Gasteiger partial charge in [0, 0.05) is 21.0 Å². The third-order valence-corrected chi connectivity index (χ3v) is 4.32. The molecule has 1 heterocycles. The summed E-state index contributed by atoms with van der Waals surface area (Å²) >= 11 is 1.68. The van der Waals surface area contributed by atoms with E-state index in [1.54, 1.807) is 35.6 Å². The first-order valence-electron chi connectivity index (χ1n) is 6.67. The molecule has 0 radical (unpaired) electrons. The molecule has 4 nitrogen and oxygen atoms in total. The number of urea groups is 1. The standard InChI is InChI=1S/C16H18N2O2S/c1-10-7-15(21-12(10)3)9-17-16(20)18-14-6-4-5-13(8-14)11(2)19/h4-8H,9H2,1-3H3,(H2,17,18,20). The number of rotatable bonds is 4. The monoisotopic (exact) mass is 302 g/mol. The fourth-order valence-electron chi connectivity index (χ4n) is 1.90. The minimum absolute atomic E-state index is 0.0244. The van der Waals surface area contributed by atoms with Gasteiger partial charge in [0.1, 0.15) is 0 Å². The summed E-state index contributed by atoms with van der Waals surface area (Å²) in [7, 11) is 0. The number of ketones is 1. The van der Waals surface area contributed by atoms with Crippen molar-refractivity contribution in [2.45, 2.75) is 27.3 Å². The predicted octanol–water partition coefficient (Wildman–Crippen LogP) is 3.89. The van der Waals surface area contributed by atoms with Crippen molar-refractivity contribution in [3.05, 3.63) is 51.2 Å². The quantitative estimate of drug-likeness (QED) is 0.842. The molecular formula is C16H18N2O2S. The van der Waals surface area contributed by atoms with Crippen LogP contribution in [0.4, 0.5) is 10.5 Å². The van der Waals surface area contributed by atoms with E-state index in [2.05, 4.69) is 30.5 Å². The number of aryl methyl sites for hydroxylation is 2. The molecule has 5 heteroatoms. The topological polar surface area (TPSA) is 58.2 Å². The maximum absolute atomic E-state index is 11.9. The lowest BCUT2D eigenvalue weighted by molar-refractivity contribution is 0.101. The van der Waals surface area contributed by atoms with Crippen LogP contribution in [0, 0.1) is 13.8 Å². The fraction of sp³-hybridized carbons (Fsp3) is 0.250. The lowest BCUT2D eigenvalue weighted by Gasteiger charge is -2.07. The Bertz CT molecular complexity index is 657. The molecule has 0 aliphatic heterocycles. The number of Topliss-reactive ketones (excluding diaryl/α,β-unsaturated/α-hetero) is 1. The average molecular weight is 302 g/mol. The van der Waals surface area contributed by atoms with Crippen molar-refractivity contribution in [1.82, 2.24) is 5.32 Å². The number of carbonyl (C=O) groups excluding carboxylic acids is 2. The van der Waals surface area contributed by atoms with E-state index in [0.717, 1.165) is 4.88 Å². The van der Waals surface area contributed by atoms with Gasteiger partial charge in [0.15, 0.2) is 5.78 Å². The van der Waals surface area contributed by atoms with E-state index in [1.165, 1.54) is 17.4 Å². The summed E-state index contributed by atoms with van der Waals surface area (Å²) in [6, 6.07) is 8.70. The molecule has 1 aromatic heterocycles. The van der Waals surface area contributed by atoms with Crippen LogP contribution in [0.1, 0.15) is 32.6 Å². The van der Waals surface area contributed by atoms with Gasteiger partial charge in [-0.25, -0.2) is 4.79 Å². The Morgan fingerprint density at radius 3 is 2.57 bits per heavy atom. The molecule has 1 aromatic carbocycles. The molecule has 110 valence electrons. The van der Waals surface area contributed by atoms with Crippen molar-refractivity contribution < 1.29 is 9.59 Å². The number of amides is 2. The molecule has 2 aromatic rings. The van der Waals surface area contributed by atoms with Gasteiger partial charge in [0.25, 0.3) is 0 Å². The summed E-state index contributed by atoms with van der Waals surface area (Å²) in [4.78, 5) is 25.5. The second kappa shape index (κ2) is 6.54. The molecule has 0 atom stereocenters. The molecule has 0 spiro atoms. The first kappa shape index (κ1) is 15.3. The smallest absolute Gasteiger partial charge is 0.319 e. The Hall–Kier alpha value is -2.14. The summed E-state index contributed by atoms with van der Waals surface area (Å²) in [5.41, 5.74) is 2.43. The summed E-state index contributed by atoms with van der Waals surface area (Å²) < 4.78 is 0. The van der Waals surface area contributed by atoms with Crippen molar-refractivity contribution in [3.63, 3.8) is 0 Å². The largest absolute Gasteiger partial charge is 0.333 e. The molecule has 0 saturated carbocycles. The Labute approximate surface area is 128 Å². The molecule has 0 unspecified atom stereocenters. The van der Waals surface area contributed by atoms with Crippen LogP contribution in [-0.2, 0) is 6.54 Å². The Morgan fingerprint density at radius 2 is 1.95 bits per heavy atom. The van der Waals surface area contributed by atoms with Gasteiger partial charge in [0.05, 0.1) is 6.54 Å². The zero-order chi connectivity index (χ0) is 15.4. The first-order valence-corrected chi connectivity index (χ1v) is 7.49. The van der Waals surface area contributed by atoms with Crippen molar-refractivity contribution >= 4 is 28.8 Å². The van der Waals surface area contributed by atoms with Gasteiger partial charge in [-0.05, 0) is 44.5 Å². The maximum Gasteiger partial charge on any atom is 0.319 e. The predicted molar refractivity (Wildman–Crippen MR) is 86.1 cm³/mol. The van der Waals surface area contributed by atoms with E-state index in [-0.39, 0.29) is 11.8 Å². The molecule has 0 saturated heterocycles. The number of benzene rings is 1. The van der Waals surface area contributed by atoms with Crippen molar-refractivity contribution in [2.75, 3.05) is 5.32 Å². The molecule has 2 N–H and O–H groups in total. The van der Waals surface area contributed by atoms with E-state index < -0.39 is 0 Å². The van der Waals surface area contributed by atoms with E-state index in [9.17, 15) is 9.59 Å². The van der Waals surface area contributed by atoms with Gasteiger partial charge < -0.3 is 10.6 Å². The number of thiophene rings is 1. The lowest BCUT2D eigenvalue weighted by Crippen LogP contribution is -2.27. The highest BCUT2D eigenvalue weighted by molar-refractivity contribution is 7.12. The van der Waals surface area contributed by atoms with Gasteiger partial charge in [-0.2, -0.15) is 0 Å². The van der Waals surface area contributed by atoms with Crippen molar-refractivity contribution in [3.8, 4) is 0 Å². The molecular weight excluding hydrogens is 284 g/mol. The highest BCUT2D eigenvalue weighted by atomic mass is 32.1. The van der Waals surface area contributed by atoms with Gasteiger partial charge >= 0.3 is 6.03 Å². The lowest BCUT2D eigenvalue weighted by atomic mass is 10.1. The molecule has 0 aliphatic carbocycles. The highest BCUT2D eigenvalue weighted by Crippen LogP contribution is 2.20. The number of anilines is 1. The summed E-state index contributed by atoms with van der Waals surface area (Å²) in [5.74, 6) is -0.0244. The molecule has 2 rings (SSSR count). The molecule has 21 heavy (non-hydrogen) atoms. The van der Waals surface area contributed by atoms with Crippen molar-refractivity contribution in [2.24, 2.45) is 0 Å². The maximum atomic E-state index is 11.9. The van der Waals surface area contributed by atoms with Gasteiger partial charge in [-0.1, -0.05) is 12.1 Å². The highest BCUT2D eigenvalue weighted by Gasteiger charge is 2.06. The fourth-order valence-corrected chi connectivity index (χ4v) is 2.89. The summed E-state index contributed by atoms with van der Waals surface area (Å²) in [6.07, 6.45) is 0. The van der Waals surface area contributed by atoms with Crippen LogP contribution in [0.25, 0.3) is 0 Å². The van der Waals surface area contributed by atoms with E-state index in [0.29, 0.717) is 17.8 Å². The second-order valence-corrected chi connectivity index (χ2v) is 6.24. The van der Waals surface area contributed by atoms with Gasteiger partial charge in [0.2, 0.25) is 0 Å². The van der Waals surface area contributed by atoms with Crippen LogP contribution >= 0.6 is 11.3 Å². The Kier molecular flexibility index (Phi) is 4.75. The molecule has 2 amide bonds. The van der Waals surface area contributed by atoms with Crippen LogP contribution in [-0.4, -0.2) is 11.8 Å². The SMILES string of the molecule is CC(=O)c1cccc(NC(=O)NCc2cc(C)c(C)s2)c1. The normalized spacial score (nSPS) is 10.2. The Balaban J connectivity index is 1.92. The van der Waals surface area contributed by atoms with E-state index in [1.807, 2.05) is 0 Å². The molecule has 0 bridgehead atoms. The zero-order valence-electron chi connectivity index (χ0n) is 12.3. The third kappa shape index (κ3) is 4.16. The number of nitrogens with one attached hydrogen (secondary N) is 2. The molecule has 0 aliphatic rings. The number of hydrogen-bond acceptors (Lipinski definition) is 3. The number of hydrogen-bond donors (Lipinski definition) is 2. The summed E-state index contributed by atoms with van der Waals surface area (Å²) in [6.45, 7) is 6.12. The third-order valence-electron chi connectivity index (χ3n) is 3.17. The second-order valence-electron chi connectivity index (χ2n) is 4.90. The minimum Gasteiger partial charge on any atom is -0.333 e. The number of carbonyl (C=O) groups is 2. The van der Waals surface area contributed by atoms with Crippen molar-refractivity contribution in [1.29, 1.82) is 0 Å². The van der Waals surface area contributed by atoms with Gasteiger partial charge in [-0.3, -0.25) is 4.79 Å². The minimum atomic E-state index is -0.278. The van der Waals surface area contributed by atoms with Crippen LogP contribution in [0.15, 0.2) is 30.3 Å². The first-order chi connectivity index (χ1) is 9.95.